The topological polar surface area (TPSA) is 66.0 Å². The normalized spacial score (nSPS) is 18.0. The molecule has 7 heteroatoms. The summed E-state index contributed by atoms with van der Waals surface area (Å²) in [5, 5.41) is 3.32. The minimum atomic E-state index is -0.694. The molecule has 0 spiro atoms. The summed E-state index contributed by atoms with van der Waals surface area (Å²) in [6, 6.07) is 10.9. The van der Waals surface area contributed by atoms with E-state index in [2.05, 4.69) is 5.32 Å². The molecule has 6 nitrogen and oxygen atoms in total. The zero-order chi connectivity index (χ0) is 17.9. The number of amides is 1. The first-order chi connectivity index (χ1) is 12.7. The maximum Gasteiger partial charge on any atom is 0.264 e. The number of para-hydroxylation sites is 2. The lowest BCUT2D eigenvalue weighted by molar-refractivity contribution is -0.130. The maximum absolute atomic E-state index is 12.4. The van der Waals surface area contributed by atoms with Gasteiger partial charge in [-0.3, -0.25) is 4.79 Å². The largest absolute Gasteiger partial charge is 0.489 e. The van der Waals surface area contributed by atoms with Gasteiger partial charge in [-0.15, -0.1) is 0 Å². The minimum Gasteiger partial charge on any atom is -0.489 e. The molecular formula is C19H18ClNO5. The Hall–Kier alpha value is -2.60. The van der Waals surface area contributed by atoms with E-state index in [9.17, 15) is 4.79 Å². The number of fused-ring (bicyclic) bond motifs is 2. The molecule has 136 valence electrons. The third-order valence-electron chi connectivity index (χ3n) is 4.13. The maximum atomic E-state index is 12.4. The summed E-state index contributed by atoms with van der Waals surface area (Å²) in [6.45, 7) is 1.62. The quantitative estimate of drug-likeness (QED) is 0.893. The molecule has 0 fully saturated rings. The third kappa shape index (κ3) is 3.51. The smallest absolute Gasteiger partial charge is 0.264 e. The van der Waals surface area contributed by atoms with E-state index in [0.29, 0.717) is 47.8 Å². The summed E-state index contributed by atoms with van der Waals surface area (Å²) in [6.07, 6.45) is 0.109. The van der Waals surface area contributed by atoms with Crippen LogP contribution in [-0.4, -0.2) is 31.8 Å². The number of hydrogen-bond acceptors (Lipinski definition) is 5. The van der Waals surface area contributed by atoms with Gasteiger partial charge in [0.15, 0.2) is 23.0 Å². The highest BCUT2D eigenvalue weighted by Gasteiger charge is 2.27. The van der Waals surface area contributed by atoms with Crippen molar-refractivity contribution in [3.05, 3.63) is 47.0 Å². The van der Waals surface area contributed by atoms with Crippen LogP contribution < -0.4 is 24.3 Å². The lowest BCUT2D eigenvalue weighted by Gasteiger charge is -2.25. The van der Waals surface area contributed by atoms with Gasteiger partial charge in [-0.25, -0.2) is 0 Å². The first-order valence-corrected chi connectivity index (χ1v) is 8.83. The second-order valence-corrected chi connectivity index (χ2v) is 6.44. The molecule has 2 heterocycles. The van der Waals surface area contributed by atoms with E-state index in [1.165, 1.54) is 0 Å². The van der Waals surface area contributed by atoms with Crippen LogP contribution in [0, 0.1) is 0 Å². The highest BCUT2D eigenvalue weighted by molar-refractivity contribution is 6.32. The molecule has 1 N–H and O–H groups in total. The zero-order valence-corrected chi connectivity index (χ0v) is 14.8. The summed E-state index contributed by atoms with van der Waals surface area (Å²) in [4.78, 5) is 12.4. The van der Waals surface area contributed by atoms with Crippen LogP contribution in [0.25, 0.3) is 0 Å². The van der Waals surface area contributed by atoms with Crippen molar-refractivity contribution in [3.8, 4) is 23.0 Å². The highest BCUT2D eigenvalue weighted by atomic mass is 35.5. The molecule has 26 heavy (non-hydrogen) atoms. The minimum absolute atomic E-state index is 0.171. The van der Waals surface area contributed by atoms with Crippen molar-refractivity contribution in [2.24, 2.45) is 0 Å². The molecule has 1 amide bonds. The first kappa shape index (κ1) is 16.8. The fraction of sp³-hybridized carbons (Fsp3) is 0.316. The fourth-order valence-corrected chi connectivity index (χ4v) is 3.13. The van der Waals surface area contributed by atoms with E-state index in [-0.39, 0.29) is 12.5 Å². The molecular weight excluding hydrogens is 358 g/mol. The van der Waals surface area contributed by atoms with Gasteiger partial charge < -0.3 is 24.3 Å². The van der Waals surface area contributed by atoms with Gasteiger partial charge in [0, 0.05) is 13.0 Å². The van der Waals surface area contributed by atoms with Gasteiger partial charge >= 0.3 is 0 Å². The molecule has 0 aliphatic carbocycles. The van der Waals surface area contributed by atoms with E-state index < -0.39 is 6.10 Å². The van der Waals surface area contributed by atoms with Gasteiger partial charge in [0.1, 0.15) is 6.61 Å². The molecule has 4 rings (SSSR count). The summed E-state index contributed by atoms with van der Waals surface area (Å²) in [5.74, 6) is 2.12. The number of carbonyl (C=O) groups is 1. The van der Waals surface area contributed by atoms with Crippen molar-refractivity contribution in [2.45, 2.75) is 19.1 Å². The number of carbonyl (C=O) groups excluding carboxylic acids is 1. The van der Waals surface area contributed by atoms with Crippen molar-refractivity contribution in [3.63, 3.8) is 0 Å². The molecule has 1 atom stereocenters. The predicted molar refractivity (Wildman–Crippen MR) is 95.3 cm³/mol. The number of nitrogens with one attached hydrogen (secondary N) is 1. The number of hydrogen-bond donors (Lipinski definition) is 1. The predicted octanol–water partition coefficient (Wildman–Crippen LogP) is 2.96. The van der Waals surface area contributed by atoms with Crippen molar-refractivity contribution in [2.75, 3.05) is 19.8 Å². The average molecular weight is 376 g/mol. The molecule has 0 radical (unpaired) electrons. The molecule has 0 saturated heterocycles. The van der Waals surface area contributed by atoms with Gasteiger partial charge in [0.2, 0.25) is 6.10 Å². The zero-order valence-electron chi connectivity index (χ0n) is 14.0. The molecule has 2 aliphatic rings. The molecule has 0 aromatic heterocycles. The fourth-order valence-electron chi connectivity index (χ4n) is 2.84. The summed E-state index contributed by atoms with van der Waals surface area (Å²) in [5.41, 5.74) is 0.824. The monoisotopic (exact) mass is 375 g/mol. The first-order valence-electron chi connectivity index (χ1n) is 8.45. The van der Waals surface area contributed by atoms with Crippen molar-refractivity contribution < 1.29 is 23.7 Å². The lowest BCUT2D eigenvalue weighted by atomic mass is 10.2. The standard InChI is InChI=1S/C19H18ClNO5/c20-13-8-12(9-16-18(13)24-7-3-6-23-16)10-21-19(22)17-11-25-14-4-1-2-5-15(14)26-17/h1-2,4-5,8-9,17H,3,6-7,10-11H2,(H,21,22)/t17-/m1/s1. The summed E-state index contributed by atoms with van der Waals surface area (Å²) in [7, 11) is 0. The van der Waals surface area contributed by atoms with Gasteiger partial charge in [0.05, 0.1) is 18.2 Å². The number of ether oxygens (including phenoxy) is 4. The van der Waals surface area contributed by atoms with Crippen LogP contribution in [-0.2, 0) is 11.3 Å². The van der Waals surface area contributed by atoms with Crippen molar-refractivity contribution >= 4 is 17.5 Å². The van der Waals surface area contributed by atoms with E-state index in [1.807, 2.05) is 24.3 Å². The van der Waals surface area contributed by atoms with Crippen LogP contribution in [0.5, 0.6) is 23.0 Å². The van der Waals surface area contributed by atoms with Crippen LogP contribution in [0.15, 0.2) is 36.4 Å². The molecule has 2 aromatic carbocycles. The van der Waals surface area contributed by atoms with Crippen LogP contribution in [0.3, 0.4) is 0 Å². The van der Waals surface area contributed by atoms with E-state index >= 15 is 0 Å². The van der Waals surface area contributed by atoms with Crippen LogP contribution >= 0.6 is 11.6 Å². The summed E-state index contributed by atoms with van der Waals surface area (Å²) >= 11 is 6.28. The number of benzene rings is 2. The van der Waals surface area contributed by atoms with E-state index in [1.54, 1.807) is 12.1 Å². The summed E-state index contributed by atoms with van der Waals surface area (Å²) < 4.78 is 22.6. The Balaban J connectivity index is 1.41. The van der Waals surface area contributed by atoms with Gasteiger partial charge in [0.25, 0.3) is 5.91 Å². The second-order valence-electron chi connectivity index (χ2n) is 6.04. The van der Waals surface area contributed by atoms with Gasteiger partial charge in [-0.2, -0.15) is 0 Å². The number of halogens is 1. The highest BCUT2D eigenvalue weighted by Crippen LogP contribution is 2.38. The Kier molecular flexibility index (Phi) is 4.75. The SMILES string of the molecule is O=C(NCc1cc(Cl)c2c(c1)OCCCO2)[C@H]1COc2ccccc2O1. The van der Waals surface area contributed by atoms with Crippen molar-refractivity contribution in [1.29, 1.82) is 0 Å². The van der Waals surface area contributed by atoms with E-state index in [0.717, 1.165) is 12.0 Å². The molecule has 0 saturated carbocycles. The molecule has 2 aliphatic heterocycles. The van der Waals surface area contributed by atoms with Crippen LogP contribution in [0.4, 0.5) is 0 Å². The Bertz CT molecular complexity index is 826. The Morgan fingerprint density at radius 3 is 2.77 bits per heavy atom. The van der Waals surface area contributed by atoms with Gasteiger partial charge in [-0.05, 0) is 29.8 Å². The molecule has 2 aromatic rings. The van der Waals surface area contributed by atoms with Gasteiger partial charge in [-0.1, -0.05) is 23.7 Å². The number of rotatable bonds is 3. The van der Waals surface area contributed by atoms with Crippen LogP contribution in [0.2, 0.25) is 5.02 Å². The Morgan fingerprint density at radius 2 is 1.88 bits per heavy atom. The Morgan fingerprint density at radius 1 is 1.08 bits per heavy atom. The third-order valence-corrected chi connectivity index (χ3v) is 4.41. The van der Waals surface area contributed by atoms with E-state index in [4.69, 9.17) is 30.5 Å². The Labute approximate surface area is 156 Å². The molecule has 0 unspecified atom stereocenters. The lowest BCUT2D eigenvalue weighted by Crippen LogP contribution is -2.43. The second kappa shape index (κ2) is 7.33. The van der Waals surface area contributed by atoms with Crippen LogP contribution in [0.1, 0.15) is 12.0 Å². The van der Waals surface area contributed by atoms with Crippen molar-refractivity contribution in [1.82, 2.24) is 5.32 Å². The molecule has 0 bridgehead atoms. The average Bonchev–Trinajstić information content (AvgIpc) is 2.91.